The van der Waals surface area contributed by atoms with Crippen LogP contribution in [0.1, 0.15) is 39.5 Å². The smallest absolute Gasteiger partial charge is 0.324 e. The van der Waals surface area contributed by atoms with Crippen LogP contribution in [0, 0.1) is 5.92 Å². The van der Waals surface area contributed by atoms with Gasteiger partial charge in [0.15, 0.2) is 0 Å². The van der Waals surface area contributed by atoms with Gasteiger partial charge in [-0.1, -0.05) is 12.2 Å². The van der Waals surface area contributed by atoms with Gasteiger partial charge >= 0.3 is 6.03 Å². The highest BCUT2D eigenvalue weighted by molar-refractivity contribution is 6.06. The molecule has 0 aromatic rings. The normalized spacial score (nSPS) is 22.2. The zero-order valence-corrected chi connectivity index (χ0v) is 13.3. The van der Waals surface area contributed by atoms with Gasteiger partial charge in [-0.25, -0.2) is 4.79 Å². The predicted octanol–water partition coefficient (Wildman–Crippen LogP) is 0.211. The molecule has 2 rings (SSSR count). The minimum absolute atomic E-state index is 0.0266. The third-order valence-corrected chi connectivity index (χ3v) is 3.91. The quantitative estimate of drug-likeness (QED) is 0.382. The fourth-order valence-electron chi connectivity index (χ4n) is 2.59. The van der Waals surface area contributed by atoms with Crippen molar-refractivity contribution in [2.75, 3.05) is 6.54 Å². The Morgan fingerprint density at radius 3 is 2.57 bits per heavy atom. The minimum atomic E-state index is -0.948. The zero-order chi connectivity index (χ0) is 17.0. The van der Waals surface area contributed by atoms with E-state index in [2.05, 4.69) is 16.2 Å². The SMILES string of the molecule is CC1(C)NC(=O)N(CCC(=O)NNC(=O)C[C@@H]2C=CCC2)C1=O. The highest BCUT2D eigenvalue weighted by atomic mass is 16.2. The number of amides is 5. The van der Waals surface area contributed by atoms with Crippen LogP contribution in [-0.4, -0.2) is 40.7 Å². The van der Waals surface area contributed by atoms with E-state index in [4.69, 9.17) is 0 Å². The van der Waals surface area contributed by atoms with E-state index in [1.54, 1.807) is 13.8 Å². The topological polar surface area (TPSA) is 108 Å². The standard InChI is InChI=1S/C15H22N4O4/c1-15(2)13(22)19(14(23)16-15)8-7-11(20)17-18-12(21)9-10-5-3-4-6-10/h3,5,10H,4,6-9H2,1-2H3,(H,16,23)(H,17,20)(H,18,21)/t10-/m1/s1. The molecular weight excluding hydrogens is 300 g/mol. The van der Waals surface area contributed by atoms with Crippen LogP contribution < -0.4 is 16.2 Å². The lowest BCUT2D eigenvalue weighted by atomic mass is 10.1. The molecule has 1 fully saturated rings. The maximum atomic E-state index is 11.9. The third-order valence-electron chi connectivity index (χ3n) is 3.91. The second-order valence-electron chi connectivity index (χ2n) is 6.33. The molecule has 8 nitrogen and oxygen atoms in total. The van der Waals surface area contributed by atoms with E-state index in [9.17, 15) is 19.2 Å². The monoisotopic (exact) mass is 322 g/mol. The van der Waals surface area contributed by atoms with Crippen LogP contribution in [0.3, 0.4) is 0 Å². The second kappa shape index (κ2) is 6.80. The third kappa shape index (κ3) is 4.30. The molecule has 1 atom stereocenters. The minimum Gasteiger partial charge on any atom is -0.324 e. The summed E-state index contributed by atoms with van der Waals surface area (Å²) in [4.78, 5) is 48.0. The number of carbonyl (C=O) groups excluding carboxylic acids is 4. The summed E-state index contributed by atoms with van der Waals surface area (Å²) in [7, 11) is 0. The first-order valence-electron chi connectivity index (χ1n) is 7.68. The number of nitrogens with one attached hydrogen (secondary N) is 3. The lowest BCUT2D eigenvalue weighted by molar-refractivity contribution is -0.132. The van der Waals surface area contributed by atoms with Crippen LogP contribution >= 0.6 is 0 Å². The van der Waals surface area contributed by atoms with E-state index in [1.165, 1.54) is 0 Å². The van der Waals surface area contributed by atoms with Gasteiger partial charge < -0.3 is 5.32 Å². The van der Waals surface area contributed by atoms with Crippen LogP contribution in [0.25, 0.3) is 0 Å². The van der Waals surface area contributed by atoms with Crippen molar-refractivity contribution in [1.82, 2.24) is 21.1 Å². The summed E-state index contributed by atoms with van der Waals surface area (Å²) < 4.78 is 0. The van der Waals surface area contributed by atoms with Crippen molar-refractivity contribution >= 4 is 23.8 Å². The summed E-state index contributed by atoms with van der Waals surface area (Å²) in [6.45, 7) is 3.18. The maximum absolute atomic E-state index is 11.9. The number of hydrogen-bond donors (Lipinski definition) is 3. The van der Waals surface area contributed by atoms with Crippen LogP contribution in [0.4, 0.5) is 4.79 Å². The molecule has 0 aromatic heterocycles. The van der Waals surface area contributed by atoms with E-state index >= 15 is 0 Å². The summed E-state index contributed by atoms with van der Waals surface area (Å²) in [5, 5.41) is 2.54. The van der Waals surface area contributed by atoms with Gasteiger partial charge in [-0.3, -0.25) is 30.1 Å². The Morgan fingerprint density at radius 1 is 1.30 bits per heavy atom. The van der Waals surface area contributed by atoms with Gasteiger partial charge in [0.1, 0.15) is 5.54 Å². The Hall–Kier alpha value is -2.38. The average molecular weight is 322 g/mol. The molecule has 1 aliphatic heterocycles. The summed E-state index contributed by atoms with van der Waals surface area (Å²) in [6.07, 6.45) is 6.23. The van der Waals surface area contributed by atoms with Gasteiger partial charge in [-0.05, 0) is 32.6 Å². The molecule has 0 unspecified atom stereocenters. The Labute approximate surface area is 134 Å². The first kappa shape index (κ1) is 17.0. The number of nitrogens with zero attached hydrogens (tertiary/aromatic N) is 1. The molecule has 8 heteroatoms. The lowest BCUT2D eigenvalue weighted by Gasteiger charge is -2.16. The number of rotatable bonds is 5. The molecule has 126 valence electrons. The number of urea groups is 1. The first-order chi connectivity index (χ1) is 10.8. The van der Waals surface area contributed by atoms with E-state index in [0.717, 1.165) is 17.7 Å². The summed E-state index contributed by atoms with van der Waals surface area (Å²) >= 11 is 0. The van der Waals surface area contributed by atoms with Crippen molar-refractivity contribution in [1.29, 1.82) is 0 Å². The molecule has 5 amide bonds. The van der Waals surface area contributed by atoms with Crippen LogP contribution in [0.2, 0.25) is 0 Å². The van der Waals surface area contributed by atoms with Crippen molar-refractivity contribution in [2.24, 2.45) is 5.92 Å². The van der Waals surface area contributed by atoms with Gasteiger partial charge in [0.25, 0.3) is 5.91 Å². The van der Waals surface area contributed by atoms with Gasteiger partial charge in [0.2, 0.25) is 11.8 Å². The molecule has 0 radical (unpaired) electrons. The van der Waals surface area contributed by atoms with E-state index in [1.807, 2.05) is 12.2 Å². The average Bonchev–Trinajstić information content (AvgIpc) is 3.03. The maximum Gasteiger partial charge on any atom is 0.325 e. The molecular formula is C15H22N4O4. The zero-order valence-electron chi connectivity index (χ0n) is 13.3. The summed E-state index contributed by atoms with van der Waals surface area (Å²) in [6, 6.07) is -0.509. The summed E-state index contributed by atoms with van der Waals surface area (Å²) in [5.74, 6) is -0.857. The van der Waals surface area contributed by atoms with Crippen LogP contribution in [0.15, 0.2) is 12.2 Å². The van der Waals surface area contributed by atoms with Crippen molar-refractivity contribution in [3.63, 3.8) is 0 Å². The number of carbonyl (C=O) groups is 4. The molecule has 0 saturated carbocycles. The van der Waals surface area contributed by atoms with Crippen molar-refractivity contribution in [2.45, 2.75) is 45.1 Å². The Balaban J connectivity index is 1.69. The van der Waals surface area contributed by atoms with Crippen molar-refractivity contribution in [3.8, 4) is 0 Å². The molecule has 0 spiro atoms. The number of allylic oxidation sites excluding steroid dienone is 2. The highest BCUT2D eigenvalue weighted by Gasteiger charge is 2.43. The number of imide groups is 1. The van der Waals surface area contributed by atoms with Crippen molar-refractivity contribution in [3.05, 3.63) is 12.2 Å². The van der Waals surface area contributed by atoms with E-state index in [0.29, 0.717) is 6.42 Å². The fraction of sp³-hybridized carbons (Fsp3) is 0.600. The molecule has 1 heterocycles. The molecule has 1 aliphatic carbocycles. The molecule has 23 heavy (non-hydrogen) atoms. The highest BCUT2D eigenvalue weighted by Crippen LogP contribution is 2.19. The molecule has 2 aliphatic rings. The fourth-order valence-corrected chi connectivity index (χ4v) is 2.59. The van der Waals surface area contributed by atoms with Gasteiger partial charge in [-0.2, -0.15) is 0 Å². The molecule has 1 saturated heterocycles. The van der Waals surface area contributed by atoms with E-state index < -0.39 is 17.5 Å². The molecule has 0 aromatic carbocycles. The largest absolute Gasteiger partial charge is 0.325 e. The molecule has 0 bridgehead atoms. The number of hydrazine groups is 1. The van der Waals surface area contributed by atoms with Crippen LogP contribution in [-0.2, 0) is 14.4 Å². The summed E-state index contributed by atoms with van der Waals surface area (Å²) in [5.41, 5.74) is 3.70. The Bertz CT molecular complexity index is 556. The van der Waals surface area contributed by atoms with E-state index in [-0.39, 0.29) is 30.7 Å². The van der Waals surface area contributed by atoms with Gasteiger partial charge in [0.05, 0.1) is 0 Å². The Kier molecular flexibility index (Phi) is 5.02. The predicted molar refractivity (Wildman–Crippen MR) is 81.7 cm³/mol. The number of hydrogen-bond acceptors (Lipinski definition) is 4. The van der Waals surface area contributed by atoms with Crippen LogP contribution in [0.5, 0.6) is 0 Å². The Morgan fingerprint density at radius 2 is 2.00 bits per heavy atom. The first-order valence-corrected chi connectivity index (χ1v) is 7.68. The van der Waals surface area contributed by atoms with Crippen molar-refractivity contribution < 1.29 is 19.2 Å². The molecule has 3 N–H and O–H groups in total. The van der Waals surface area contributed by atoms with Gasteiger partial charge in [0, 0.05) is 19.4 Å². The second-order valence-corrected chi connectivity index (χ2v) is 6.33. The lowest BCUT2D eigenvalue weighted by Crippen LogP contribution is -2.44. The van der Waals surface area contributed by atoms with Gasteiger partial charge in [-0.15, -0.1) is 0 Å².